The maximum Gasteiger partial charge on any atom is 0.208 e. The maximum absolute atomic E-state index is 10.9. The van der Waals surface area contributed by atoms with E-state index in [1.165, 1.54) is 0 Å². The molecule has 1 heterocycles. The molecule has 5 nitrogen and oxygen atoms in total. The Labute approximate surface area is 132 Å². The molecule has 0 bridgehead atoms. The first-order valence-electron chi connectivity index (χ1n) is 6.44. The van der Waals surface area contributed by atoms with Crippen LogP contribution < -0.4 is 10.0 Å². The van der Waals surface area contributed by atoms with Crippen molar-refractivity contribution in [1.29, 1.82) is 0 Å². The number of halogens is 1. The van der Waals surface area contributed by atoms with Crippen LogP contribution in [0.3, 0.4) is 0 Å². The molecule has 0 radical (unpaired) electrons. The topological polar surface area (TPSA) is 71.3 Å². The van der Waals surface area contributed by atoms with Gasteiger partial charge in [0.15, 0.2) is 0 Å². The smallest absolute Gasteiger partial charge is 0.208 e. The molecule has 7 heteroatoms. The molecule has 2 rings (SSSR count). The molecular formula is C14H17BrN2O3S. The zero-order chi connectivity index (χ0) is 15.3. The molecule has 0 unspecified atom stereocenters. The molecule has 21 heavy (non-hydrogen) atoms. The number of hydrogen-bond acceptors (Lipinski definition) is 4. The van der Waals surface area contributed by atoms with E-state index >= 15 is 0 Å². The van der Waals surface area contributed by atoms with Crippen molar-refractivity contribution in [3.63, 3.8) is 0 Å². The van der Waals surface area contributed by atoms with E-state index in [0.717, 1.165) is 27.8 Å². The third kappa shape index (κ3) is 5.62. The van der Waals surface area contributed by atoms with Crippen LogP contribution in [-0.2, 0) is 16.6 Å². The summed E-state index contributed by atoms with van der Waals surface area (Å²) in [5, 5.41) is 3.12. The molecule has 0 atom stereocenters. The Morgan fingerprint density at radius 2 is 2.00 bits per heavy atom. The summed E-state index contributed by atoms with van der Waals surface area (Å²) >= 11 is 3.43. The SMILES string of the molecule is CS(=O)(=O)NCCNCc1ccc(-c2cccc(Br)c2)o1. The first kappa shape index (κ1) is 16.2. The van der Waals surface area contributed by atoms with Crippen molar-refractivity contribution in [3.8, 4) is 11.3 Å². The second-order valence-corrected chi connectivity index (χ2v) is 7.37. The van der Waals surface area contributed by atoms with Crippen molar-refractivity contribution in [2.75, 3.05) is 19.3 Å². The number of benzene rings is 1. The van der Waals surface area contributed by atoms with E-state index in [2.05, 4.69) is 26.0 Å². The fourth-order valence-corrected chi connectivity index (χ4v) is 2.68. The standard InChI is InChI=1S/C14H17BrN2O3S/c1-21(18,19)17-8-7-16-10-13-5-6-14(20-13)11-3-2-4-12(15)9-11/h2-6,9,16-17H,7-8,10H2,1H3. The molecular weight excluding hydrogens is 356 g/mol. The van der Waals surface area contributed by atoms with Gasteiger partial charge in [0.25, 0.3) is 0 Å². The van der Waals surface area contributed by atoms with Crippen molar-refractivity contribution in [3.05, 3.63) is 46.6 Å². The van der Waals surface area contributed by atoms with E-state index in [0.29, 0.717) is 19.6 Å². The molecule has 2 N–H and O–H groups in total. The minimum atomic E-state index is -3.12. The Balaban J connectivity index is 1.84. The minimum absolute atomic E-state index is 0.359. The Morgan fingerprint density at radius 1 is 1.19 bits per heavy atom. The molecule has 0 fully saturated rings. The normalized spacial score (nSPS) is 11.7. The highest BCUT2D eigenvalue weighted by Gasteiger charge is 2.05. The number of rotatable bonds is 7. The predicted molar refractivity (Wildman–Crippen MR) is 86.4 cm³/mol. The Kier molecular flexibility index (Phi) is 5.58. The summed E-state index contributed by atoms with van der Waals surface area (Å²) in [5.41, 5.74) is 1.01. The van der Waals surface area contributed by atoms with Gasteiger partial charge < -0.3 is 9.73 Å². The molecule has 2 aromatic rings. The summed E-state index contributed by atoms with van der Waals surface area (Å²) < 4.78 is 31.0. The quantitative estimate of drug-likeness (QED) is 0.731. The van der Waals surface area contributed by atoms with E-state index < -0.39 is 10.0 Å². The van der Waals surface area contributed by atoms with Crippen LogP contribution in [0, 0.1) is 0 Å². The molecule has 0 saturated heterocycles. The molecule has 0 amide bonds. The van der Waals surface area contributed by atoms with Crippen molar-refractivity contribution < 1.29 is 12.8 Å². The van der Waals surface area contributed by atoms with E-state index in [9.17, 15) is 8.42 Å². The van der Waals surface area contributed by atoms with Gasteiger partial charge in [0.2, 0.25) is 10.0 Å². The van der Waals surface area contributed by atoms with Gasteiger partial charge in [0.05, 0.1) is 12.8 Å². The van der Waals surface area contributed by atoms with Crippen molar-refractivity contribution in [2.45, 2.75) is 6.54 Å². The van der Waals surface area contributed by atoms with Gasteiger partial charge in [-0.15, -0.1) is 0 Å². The first-order valence-corrected chi connectivity index (χ1v) is 9.12. The van der Waals surface area contributed by atoms with E-state index in [4.69, 9.17) is 4.42 Å². The van der Waals surface area contributed by atoms with Crippen molar-refractivity contribution >= 4 is 26.0 Å². The van der Waals surface area contributed by atoms with E-state index in [1.54, 1.807) is 0 Å². The lowest BCUT2D eigenvalue weighted by Gasteiger charge is -2.03. The molecule has 0 aliphatic carbocycles. The number of hydrogen-bond donors (Lipinski definition) is 2. The zero-order valence-corrected chi connectivity index (χ0v) is 14.0. The van der Waals surface area contributed by atoms with Crippen LogP contribution in [0.15, 0.2) is 45.3 Å². The molecule has 0 aliphatic rings. The number of nitrogens with one attached hydrogen (secondary N) is 2. The highest BCUT2D eigenvalue weighted by molar-refractivity contribution is 9.10. The van der Waals surface area contributed by atoms with Crippen LogP contribution in [0.4, 0.5) is 0 Å². The molecule has 114 valence electrons. The summed E-state index contributed by atoms with van der Waals surface area (Å²) in [7, 11) is -3.12. The lowest BCUT2D eigenvalue weighted by atomic mass is 10.2. The van der Waals surface area contributed by atoms with Gasteiger partial charge in [-0.1, -0.05) is 28.1 Å². The minimum Gasteiger partial charge on any atom is -0.460 e. The molecule has 1 aromatic heterocycles. The Bertz CT molecular complexity index is 698. The Hall–Kier alpha value is -1.15. The van der Waals surface area contributed by atoms with Crippen molar-refractivity contribution in [2.24, 2.45) is 0 Å². The molecule has 1 aromatic carbocycles. The van der Waals surface area contributed by atoms with Gasteiger partial charge in [-0.3, -0.25) is 0 Å². The van der Waals surface area contributed by atoms with Crippen LogP contribution >= 0.6 is 15.9 Å². The summed E-state index contributed by atoms with van der Waals surface area (Å²) in [5.74, 6) is 1.62. The van der Waals surface area contributed by atoms with Gasteiger partial charge >= 0.3 is 0 Å². The monoisotopic (exact) mass is 372 g/mol. The number of sulfonamides is 1. The largest absolute Gasteiger partial charge is 0.460 e. The lowest BCUT2D eigenvalue weighted by molar-refractivity contribution is 0.494. The van der Waals surface area contributed by atoms with Gasteiger partial charge in [0.1, 0.15) is 11.5 Å². The average Bonchev–Trinajstić information content (AvgIpc) is 2.86. The molecule has 0 spiro atoms. The summed E-state index contributed by atoms with van der Waals surface area (Å²) in [4.78, 5) is 0. The highest BCUT2D eigenvalue weighted by atomic mass is 79.9. The summed E-state index contributed by atoms with van der Waals surface area (Å²) in [6.07, 6.45) is 1.14. The van der Waals surface area contributed by atoms with Crippen LogP contribution in [0.1, 0.15) is 5.76 Å². The second kappa shape index (κ2) is 7.22. The third-order valence-corrected chi connectivity index (χ3v) is 3.96. The van der Waals surface area contributed by atoms with Gasteiger partial charge in [0, 0.05) is 23.1 Å². The van der Waals surface area contributed by atoms with Gasteiger partial charge in [-0.25, -0.2) is 13.1 Å². The van der Waals surface area contributed by atoms with Gasteiger partial charge in [-0.05, 0) is 24.3 Å². The second-order valence-electron chi connectivity index (χ2n) is 4.62. The van der Waals surface area contributed by atoms with Crippen molar-refractivity contribution in [1.82, 2.24) is 10.0 Å². The van der Waals surface area contributed by atoms with Crippen LogP contribution in [0.2, 0.25) is 0 Å². The van der Waals surface area contributed by atoms with E-state index in [1.807, 2.05) is 36.4 Å². The lowest BCUT2D eigenvalue weighted by Crippen LogP contribution is -2.30. The maximum atomic E-state index is 10.9. The zero-order valence-electron chi connectivity index (χ0n) is 11.6. The Morgan fingerprint density at radius 3 is 2.71 bits per heavy atom. The summed E-state index contributed by atoms with van der Waals surface area (Å²) in [6, 6.07) is 11.7. The average molecular weight is 373 g/mol. The highest BCUT2D eigenvalue weighted by Crippen LogP contribution is 2.24. The van der Waals surface area contributed by atoms with Crippen LogP contribution in [0.5, 0.6) is 0 Å². The summed E-state index contributed by atoms with van der Waals surface area (Å²) in [6.45, 7) is 1.46. The van der Waals surface area contributed by atoms with Crippen LogP contribution in [0.25, 0.3) is 11.3 Å². The van der Waals surface area contributed by atoms with Gasteiger partial charge in [-0.2, -0.15) is 0 Å². The fourth-order valence-electron chi connectivity index (χ4n) is 1.81. The molecule has 0 aliphatic heterocycles. The van der Waals surface area contributed by atoms with Crippen LogP contribution in [-0.4, -0.2) is 27.8 Å². The first-order chi connectivity index (χ1) is 9.94. The molecule has 0 saturated carbocycles. The number of furan rings is 1. The third-order valence-electron chi connectivity index (χ3n) is 2.74. The predicted octanol–water partition coefficient (Wildman–Crippen LogP) is 2.35. The van der Waals surface area contributed by atoms with E-state index in [-0.39, 0.29) is 0 Å². The fraction of sp³-hybridized carbons (Fsp3) is 0.286.